The minimum atomic E-state index is -0.539. The van der Waals surface area contributed by atoms with E-state index >= 15 is 0 Å². The van der Waals surface area contributed by atoms with Crippen molar-refractivity contribution in [2.45, 2.75) is 27.2 Å². The highest BCUT2D eigenvalue weighted by molar-refractivity contribution is 5.97. The molecule has 0 fully saturated rings. The Labute approximate surface area is 153 Å². The van der Waals surface area contributed by atoms with Crippen LogP contribution in [0.4, 0.5) is 5.69 Å². The molecule has 1 amide bonds. The highest BCUT2D eigenvalue weighted by Gasteiger charge is 2.18. The van der Waals surface area contributed by atoms with Gasteiger partial charge in [0, 0.05) is 12.2 Å². The lowest BCUT2D eigenvalue weighted by atomic mass is 10.1. The summed E-state index contributed by atoms with van der Waals surface area (Å²) in [7, 11) is 0. The lowest BCUT2D eigenvalue weighted by Gasteiger charge is -2.22. The first-order valence-corrected chi connectivity index (χ1v) is 8.40. The zero-order chi connectivity index (χ0) is 19.1. The molecule has 0 aliphatic heterocycles. The van der Waals surface area contributed by atoms with Crippen LogP contribution in [0.5, 0.6) is 0 Å². The summed E-state index contributed by atoms with van der Waals surface area (Å²) in [5.74, 6) is -0.894. The minimum Gasteiger partial charge on any atom is -0.452 e. The second kappa shape index (κ2) is 8.82. The van der Waals surface area contributed by atoms with Crippen molar-refractivity contribution in [3.05, 3.63) is 64.7 Å². The Hall–Kier alpha value is -3.13. The summed E-state index contributed by atoms with van der Waals surface area (Å²) >= 11 is 0. The van der Waals surface area contributed by atoms with E-state index in [9.17, 15) is 9.59 Å². The maximum Gasteiger partial charge on any atom is 0.338 e. The maximum atomic E-state index is 12.6. The Balaban J connectivity index is 2.11. The molecule has 0 spiro atoms. The molecule has 5 nitrogen and oxygen atoms in total. The van der Waals surface area contributed by atoms with Crippen LogP contribution in [0.25, 0.3) is 0 Å². The quantitative estimate of drug-likeness (QED) is 0.745. The molecule has 26 heavy (non-hydrogen) atoms. The second-order valence-electron chi connectivity index (χ2n) is 6.25. The van der Waals surface area contributed by atoms with Gasteiger partial charge in [-0.05, 0) is 56.2 Å². The fourth-order valence-corrected chi connectivity index (χ4v) is 2.73. The molecule has 0 bridgehead atoms. The first kappa shape index (κ1) is 19.2. The molecule has 0 atom stereocenters. The van der Waals surface area contributed by atoms with E-state index in [1.165, 1.54) is 4.90 Å². The number of nitriles is 1. The smallest absolute Gasteiger partial charge is 0.338 e. The molecular formula is C21H22N2O3. The summed E-state index contributed by atoms with van der Waals surface area (Å²) in [6.07, 6.45) is 0.199. The van der Waals surface area contributed by atoms with Crippen LogP contribution in [-0.4, -0.2) is 25.0 Å². The van der Waals surface area contributed by atoms with Gasteiger partial charge < -0.3 is 9.64 Å². The Bertz CT molecular complexity index is 832. The molecule has 0 radical (unpaired) electrons. The number of amides is 1. The van der Waals surface area contributed by atoms with Gasteiger partial charge in [0.15, 0.2) is 6.61 Å². The predicted octanol–water partition coefficient (Wildman–Crippen LogP) is 3.72. The van der Waals surface area contributed by atoms with E-state index in [0.717, 1.165) is 16.7 Å². The Morgan fingerprint density at radius 2 is 1.73 bits per heavy atom. The van der Waals surface area contributed by atoms with Crippen LogP contribution in [-0.2, 0) is 9.53 Å². The molecule has 0 N–H and O–H groups in total. The van der Waals surface area contributed by atoms with Crippen LogP contribution in [0.3, 0.4) is 0 Å². The average Bonchev–Trinajstić information content (AvgIpc) is 2.59. The summed E-state index contributed by atoms with van der Waals surface area (Å²) < 4.78 is 5.17. The van der Waals surface area contributed by atoms with Crippen molar-refractivity contribution in [3.63, 3.8) is 0 Å². The highest BCUT2D eigenvalue weighted by atomic mass is 16.5. The topological polar surface area (TPSA) is 70.4 Å². The van der Waals surface area contributed by atoms with Gasteiger partial charge in [0.05, 0.1) is 18.1 Å². The van der Waals surface area contributed by atoms with E-state index in [1.807, 2.05) is 51.1 Å². The molecule has 0 unspecified atom stereocenters. The fourth-order valence-electron chi connectivity index (χ4n) is 2.73. The molecule has 2 rings (SSSR count). The van der Waals surface area contributed by atoms with Crippen LogP contribution in [0.1, 0.15) is 33.5 Å². The van der Waals surface area contributed by atoms with Crippen molar-refractivity contribution in [3.8, 4) is 6.07 Å². The zero-order valence-electron chi connectivity index (χ0n) is 15.3. The van der Waals surface area contributed by atoms with Gasteiger partial charge in [-0.3, -0.25) is 4.79 Å². The van der Waals surface area contributed by atoms with E-state index in [1.54, 1.807) is 18.2 Å². The van der Waals surface area contributed by atoms with E-state index in [0.29, 0.717) is 11.3 Å². The number of aryl methyl sites for hydroxylation is 3. The second-order valence-corrected chi connectivity index (χ2v) is 6.25. The van der Waals surface area contributed by atoms with Gasteiger partial charge in [0.25, 0.3) is 5.91 Å². The van der Waals surface area contributed by atoms with E-state index in [-0.39, 0.29) is 25.5 Å². The lowest BCUT2D eigenvalue weighted by Crippen LogP contribution is -2.35. The summed E-state index contributed by atoms with van der Waals surface area (Å²) in [5.41, 5.74) is 4.09. The van der Waals surface area contributed by atoms with Crippen molar-refractivity contribution in [2.75, 3.05) is 18.1 Å². The van der Waals surface area contributed by atoms with E-state index in [2.05, 4.69) is 0 Å². The number of hydrogen-bond donors (Lipinski definition) is 0. The van der Waals surface area contributed by atoms with Crippen molar-refractivity contribution in [1.29, 1.82) is 5.26 Å². The average molecular weight is 350 g/mol. The number of benzene rings is 2. The summed E-state index contributed by atoms with van der Waals surface area (Å²) in [6.45, 7) is 5.65. The van der Waals surface area contributed by atoms with E-state index in [4.69, 9.17) is 10.00 Å². The number of carbonyl (C=O) groups is 2. The lowest BCUT2D eigenvalue weighted by molar-refractivity contribution is -0.121. The van der Waals surface area contributed by atoms with Crippen LogP contribution < -0.4 is 4.90 Å². The maximum absolute atomic E-state index is 12.6. The van der Waals surface area contributed by atoms with Crippen molar-refractivity contribution < 1.29 is 14.3 Å². The number of ether oxygens (including phenoxy) is 1. The minimum absolute atomic E-state index is 0.199. The summed E-state index contributed by atoms with van der Waals surface area (Å²) in [4.78, 5) is 26.2. The molecular weight excluding hydrogens is 328 g/mol. The van der Waals surface area contributed by atoms with Gasteiger partial charge in [-0.1, -0.05) is 23.8 Å². The first-order valence-electron chi connectivity index (χ1n) is 8.40. The molecule has 2 aromatic rings. The van der Waals surface area contributed by atoms with Gasteiger partial charge in [-0.25, -0.2) is 4.79 Å². The van der Waals surface area contributed by atoms with Gasteiger partial charge in [-0.2, -0.15) is 5.26 Å². The molecule has 2 aromatic carbocycles. The molecule has 0 heterocycles. The molecule has 0 aliphatic rings. The Morgan fingerprint density at radius 1 is 1.04 bits per heavy atom. The standard InChI is InChI=1S/C21H22N2O3/c1-15-6-4-7-18(11-15)21(25)26-14-20(24)23(9-5-8-22)19-12-16(2)10-17(3)13-19/h4,6-7,10-13H,5,9,14H2,1-3H3. The van der Waals surface area contributed by atoms with Gasteiger partial charge in [-0.15, -0.1) is 0 Å². The number of hydrogen-bond acceptors (Lipinski definition) is 4. The summed E-state index contributed by atoms with van der Waals surface area (Å²) in [6, 6.07) is 14.8. The van der Waals surface area contributed by atoms with Crippen molar-refractivity contribution in [2.24, 2.45) is 0 Å². The number of carbonyl (C=O) groups excluding carboxylic acids is 2. The van der Waals surface area contributed by atoms with Crippen molar-refractivity contribution >= 4 is 17.6 Å². The normalized spacial score (nSPS) is 10.1. The molecule has 0 aliphatic carbocycles. The number of esters is 1. The molecule has 0 saturated carbocycles. The molecule has 5 heteroatoms. The number of anilines is 1. The van der Waals surface area contributed by atoms with E-state index < -0.39 is 5.97 Å². The van der Waals surface area contributed by atoms with Crippen LogP contribution >= 0.6 is 0 Å². The monoisotopic (exact) mass is 350 g/mol. The van der Waals surface area contributed by atoms with Gasteiger partial charge >= 0.3 is 5.97 Å². The van der Waals surface area contributed by atoms with Gasteiger partial charge in [0.2, 0.25) is 0 Å². The van der Waals surface area contributed by atoms with Crippen LogP contribution in [0, 0.1) is 32.1 Å². The Kier molecular flexibility index (Phi) is 6.51. The predicted molar refractivity (Wildman–Crippen MR) is 100.0 cm³/mol. The Morgan fingerprint density at radius 3 is 2.35 bits per heavy atom. The van der Waals surface area contributed by atoms with Gasteiger partial charge in [0.1, 0.15) is 0 Å². The first-order chi connectivity index (χ1) is 12.4. The third kappa shape index (κ3) is 5.18. The zero-order valence-corrected chi connectivity index (χ0v) is 15.3. The largest absolute Gasteiger partial charge is 0.452 e. The molecule has 0 aromatic heterocycles. The van der Waals surface area contributed by atoms with Crippen molar-refractivity contribution in [1.82, 2.24) is 0 Å². The highest BCUT2D eigenvalue weighted by Crippen LogP contribution is 2.19. The number of nitrogens with zero attached hydrogens (tertiary/aromatic N) is 2. The van der Waals surface area contributed by atoms with Crippen LogP contribution in [0.2, 0.25) is 0 Å². The third-order valence-corrected chi connectivity index (χ3v) is 3.85. The van der Waals surface area contributed by atoms with Crippen LogP contribution in [0.15, 0.2) is 42.5 Å². The number of rotatable bonds is 6. The SMILES string of the molecule is Cc1cccc(C(=O)OCC(=O)N(CCC#N)c2cc(C)cc(C)c2)c1. The molecule has 134 valence electrons. The summed E-state index contributed by atoms with van der Waals surface area (Å²) in [5, 5.41) is 8.87. The molecule has 0 saturated heterocycles. The third-order valence-electron chi connectivity index (χ3n) is 3.85. The fraction of sp³-hybridized carbons (Fsp3) is 0.286.